The average Bonchev–Trinajstić information content (AvgIpc) is 2.40. The molecule has 0 aliphatic heterocycles. The van der Waals surface area contributed by atoms with Crippen LogP contribution < -0.4 is 5.32 Å². The van der Waals surface area contributed by atoms with E-state index >= 15 is 0 Å². The van der Waals surface area contributed by atoms with Crippen LogP contribution in [0.1, 0.15) is 44.1 Å². The summed E-state index contributed by atoms with van der Waals surface area (Å²) in [4.78, 5) is 22.8. The van der Waals surface area contributed by atoms with E-state index in [1.807, 2.05) is 0 Å². The van der Waals surface area contributed by atoms with Crippen molar-refractivity contribution in [3.8, 4) is 0 Å². The van der Waals surface area contributed by atoms with Crippen LogP contribution in [0.4, 0.5) is 8.78 Å². The number of carbonyl (C=O) groups is 2. The minimum absolute atomic E-state index is 0.0446. The molecule has 2 rings (SSSR count). The van der Waals surface area contributed by atoms with Gasteiger partial charge in [-0.05, 0) is 37.8 Å². The van der Waals surface area contributed by atoms with E-state index in [9.17, 15) is 18.4 Å². The fraction of sp³-hybridized carbons (Fsp3) is 0.500. The third-order valence-corrected chi connectivity index (χ3v) is 4.19. The van der Waals surface area contributed by atoms with Crippen LogP contribution in [0.3, 0.4) is 0 Å². The van der Waals surface area contributed by atoms with Gasteiger partial charge in [0, 0.05) is 18.5 Å². The van der Waals surface area contributed by atoms with Gasteiger partial charge >= 0.3 is 5.97 Å². The molecule has 0 radical (unpaired) electrons. The number of carboxylic acids is 1. The lowest BCUT2D eigenvalue weighted by atomic mass is 9.63. The van der Waals surface area contributed by atoms with E-state index in [4.69, 9.17) is 5.11 Å². The highest BCUT2D eigenvalue weighted by molar-refractivity contribution is 5.89. The van der Waals surface area contributed by atoms with Gasteiger partial charge < -0.3 is 10.4 Å². The van der Waals surface area contributed by atoms with Crippen LogP contribution in [0.2, 0.25) is 0 Å². The molecule has 120 valence electrons. The van der Waals surface area contributed by atoms with Gasteiger partial charge in [0.15, 0.2) is 0 Å². The van der Waals surface area contributed by atoms with Gasteiger partial charge in [-0.3, -0.25) is 9.59 Å². The average molecular weight is 311 g/mol. The lowest BCUT2D eigenvalue weighted by Crippen LogP contribution is -2.50. The number of benzene rings is 1. The maximum absolute atomic E-state index is 14.0. The summed E-state index contributed by atoms with van der Waals surface area (Å²) in [6.07, 6.45) is 2.62. The smallest absolute Gasteiger partial charge is 0.303 e. The summed E-state index contributed by atoms with van der Waals surface area (Å²) in [5, 5.41) is 11.2. The zero-order valence-electron chi connectivity index (χ0n) is 12.2. The maximum atomic E-state index is 14.0. The van der Waals surface area contributed by atoms with Crippen LogP contribution in [-0.4, -0.2) is 23.5 Å². The van der Waals surface area contributed by atoms with Gasteiger partial charge in [-0.2, -0.15) is 0 Å². The lowest BCUT2D eigenvalue weighted by Gasteiger charge is -2.40. The van der Waals surface area contributed by atoms with Crippen LogP contribution in [0, 0.1) is 11.6 Å². The molecular formula is C16H19F2NO3. The number of hydrogen-bond donors (Lipinski definition) is 2. The van der Waals surface area contributed by atoms with Crippen LogP contribution in [0.25, 0.3) is 0 Å². The molecule has 22 heavy (non-hydrogen) atoms. The number of rotatable bonds is 7. The number of unbranched alkanes of at least 4 members (excludes halogenated alkanes) is 1. The van der Waals surface area contributed by atoms with Crippen molar-refractivity contribution in [3.63, 3.8) is 0 Å². The number of carboxylic acid groups (broad SMARTS) is 1. The Balaban J connectivity index is 2.01. The minimum Gasteiger partial charge on any atom is -0.481 e. The Bertz CT molecular complexity index is 550. The van der Waals surface area contributed by atoms with E-state index in [-0.39, 0.29) is 17.9 Å². The van der Waals surface area contributed by atoms with Crippen LogP contribution in [0.5, 0.6) is 0 Å². The predicted molar refractivity (Wildman–Crippen MR) is 76.4 cm³/mol. The Hall–Kier alpha value is -1.98. The highest BCUT2D eigenvalue weighted by atomic mass is 19.1. The zero-order chi connectivity index (χ0) is 16.2. The molecule has 4 nitrogen and oxygen atoms in total. The molecule has 0 heterocycles. The van der Waals surface area contributed by atoms with Gasteiger partial charge in [0.2, 0.25) is 5.91 Å². The van der Waals surface area contributed by atoms with Crippen molar-refractivity contribution in [2.45, 2.75) is 43.9 Å². The molecule has 1 fully saturated rings. The molecule has 0 saturated heterocycles. The number of amides is 1. The van der Waals surface area contributed by atoms with E-state index in [0.29, 0.717) is 32.2 Å². The molecule has 0 aromatic heterocycles. The van der Waals surface area contributed by atoms with Gasteiger partial charge in [0.25, 0.3) is 0 Å². The van der Waals surface area contributed by atoms with Crippen molar-refractivity contribution < 1.29 is 23.5 Å². The first-order chi connectivity index (χ1) is 10.5. The summed E-state index contributed by atoms with van der Waals surface area (Å²) in [6, 6.07) is 3.61. The fourth-order valence-electron chi connectivity index (χ4n) is 2.85. The first kappa shape index (κ1) is 16.4. The predicted octanol–water partition coefficient (Wildman–Crippen LogP) is 2.76. The summed E-state index contributed by atoms with van der Waals surface area (Å²) in [5.41, 5.74) is -1.27. The zero-order valence-corrected chi connectivity index (χ0v) is 12.2. The highest BCUT2D eigenvalue weighted by Gasteiger charge is 2.48. The second-order valence-corrected chi connectivity index (χ2v) is 5.64. The molecule has 0 unspecified atom stereocenters. The molecule has 1 amide bonds. The van der Waals surface area contributed by atoms with Crippen molar-refractivity contribution in [1.82, 2.24) is 5.32 Å². The Kier molecular flexibility index (Phi) is 5.11. The summed E-state index contributed by atoms with van der Waals surface area (Å²) >= 11 is 0. The SMILES string of the molecule is O=C(O)CCCCNC(=O)C1(c2c(F)cccc2F)CCC1. The van der Waals surface area contributed by atoms with Gasteiger partial charge in [-0.1, -0.05) is 12.5 Å². The Morgan fingerprint density at radius 2 is 1.82 bits per heavy atom. The second-order valence-electron chi connectivity index (χ2n) is 5.64. The van der Waals surface area contributed by atoms with Gasteiger partial charge in [0.1, 0.15) is 11.6 Å². The standard InChI is InChI=1S/C16H19F2NO3/c17-11-5-3-6-12(18)14(11)16(8-4-9-16)15(22)19-10-2-1-7-13(20)21/h3,5-6H,1-2,4,7-10H2,(H,19,22)(H,20,21). The summed E-state index contributed by atoms with van der Waals surface area (Å²) in [5.74, 6) is -2.64. The van der Waals surface area contributed by atoms with Crippen molar-refractivity contribution >= 4 is 11.9 Å². The van der Waals surface area contributed by atoms with Crippen LogP contribution >= 0.6 is 0 Å². The molecular weight excluding hydrogens is 292 g/mol. The lowest BCUT2D eigenvalue weighted by molar-refractivity contribution is -0.137. The van der Waals surface area contributed by atoms with Crippen molar-refractivity contribution in [1.29, 1.82) is 0 Å². The van der Waals surface area contributed by atoms with Crippen molar-refractivity contribution in [3.05, 3.63) is 35.4 Å². The summed E-state index contributed by atoms with van der Waals surface area (Å²) in [7, 11) is 0. The largest absolute Gasteiger partial charge is 0.481 e. The normalized spacial score (nSPS) is 15.9. The maximum Gasteiger partial charge on any atom is 0.303 e. The topological polar surface area (TPSA) is 66.4 Å². The molecule has 0 bridgehead atoms. The fourth-order valence-corrected chi connectivity index (χ4v) is 2.85. The number of carbonyl (C=O) groups excluding carboxylic acids is 1. The van der Waals surface area contributed by atoms with E-state index < -0.39 is 23.0 Å². The molecule has 0 spiro atoms. The molecule has 6 heteroatoms. The number of hydrogen-bond acceptors (Lipinski definition) is 2. The van der Waals surface area contributed by atoms with E-state index in [1.54, 1.807) is 0 Å². The quantitative estimate of drug-likeness (QED) is 0.761. The van der Waals surface area contributed by atoms with E-state index in [1.165, 1.54) is 18.2 Å². The number of halogens is 2. The van der Waals surface area contributed by atoms with E-state index in [2.05, 4.69) is 5.32 Å². The first-order valence-electron chi connectivity index (χ1n) is 7.42. The molecule has 1 saturated carbocycles. The molecule has 2 N–H and O–H groups in total. The monoisotopic (exact) mass is 311 g/mol. The second kappa shape index (κ2) is 6.85. The van der Waals surface area contributed by atoms with Crippen molar-refractivity contribution in [2.24, 2.45) is 0 Å². The third kappa shape index (κ3) is 3.26. The molecule has 1 aromatic carbocycles. The van der Waals surface area contributed by atoms with Crippen LogP contribution in [0.15, 0.2) is 18.2 Å². The van der Waals surface area contributed by atoms with Gasteiger partial charge in [0.05, 0.1) is 5.41 Å². The summed E-state index contributed by atoms with van der Waals surface area (Å²) in [6.45, 7) is 0.309. The van der Waals surface area contributed by atoms with Crippen molar-refractivity contribution in [2.75, 3.05) is 6.54 Å². The van der Waals surface area contributed by atoms with Gasteiger partial charge in [-0.15, -0.1) is 0 Å². The van der Waals surface area contributed by atoms with Gasteiger partial charge in [-0.25, -0.2) is 8.78 Å². The minimum atomic E-state index is -1.12. The highest BCUT2D eigenvalue weighted by Crippen LogP contribution is 2.45. The molecule has 1 aliphatic carbocycles. The summed E-state index contributed by atoms with van der Waals surface area (Å²) < 4.78 is 27.9. The van der Waals surface area contributed by atoms with E-state index in [0.717, 1.165) is 6.42 Å². The molecule has 0 atom stereocenters. The Morgan fingerprint density at radius 1 is 1.18 bits per heavy atom. The third-order valence-electron chi connectivity index (χ3n) is 4.19. The number of nitrogens with one attached hydrogen (secondary N) is 1. The molecule has 1 aromatic rings. The Labute approximate surface area is 127 Å². The molecule has 1 aliphatic rings. The number of aliphatic carboxylic acids is 1. The van der Waals surface area contributed by atoms with Crippen LogP contribution in [-0.2, 0) is 15.0 Å². The first-order valence-corrected chi connectivity index (χ1v) is 7.42. The Morgan fingerprint density at radius 3 is 2.32 bits per heavy atom.